The molecule has 3 heterocycles. The van der Waals surface area contributed by atoms with Gasteiger partial charge >= 0.3 is 0 Å². The first-order valence-electron chi connectivity index (χ1n) is 10.8. The van der Waals surface area contributed by atoms with Gasteiger partial charge < -0.3 is 14.9 Å². The maximum atomic E-state index is 13.2. The highest BCUT2D eigenvalue weighted by atomic mass is 16.1. The first kappa shape index (κ1) is 19.5. The lowest BCUT2D eigenvalue weighted by Crippen LogP contribution is -2.19. The molecule has 1 saturated carbocycles. The van der Waals surface area contributed by atoms with Crippen LogP contribution in [0.5, 0.6) is 0 Å². The van der Waals surface area contributed by atoms with E-state index in [0.717, 1.165) is 39.2 Å². The zero-order valence-electron chi connectivity index (χ0n) is 18.1. The van der Waals surface area contributed by atoms with Gasteiger partial charge in [0.1, 0.15) is 5.82 Å². The second-order valence-corrected chi connectivity index (χ2v) is 8.50. The highest BCUT2D eigenvalue weighted by Crippen LogP contribution is 2.33. The molecule has 0 aliphatic heterocycles. The van der Waals surface area contributed by atoms with Crippen LogP contribution in [0.2, 0.25) is 0 Å². The molecule has 7 heteroatoms. The third-order valence-corrected chi connectivity index (χ3v) is 6.28. The van der Waals surface area contributed by atoms with Crippen molar-refractivity contribution < 1.29 is 0 Å². The Bertz CT molecular complexity index is 1330. The molecule has 0 spiro atoms. The topological polar surface area (TPSA) is 88.5 Å². The molecule has 31 heavy (non-hydrogen) atoms. The van der Waals surface area contributed by atoms with Gasteiger partial charge in [0.2, 0.25) is 5.95 Å². The Morgan fingerprint density at radius 2 is 1.87 bits per heavy atom. The molecule has 0 amide bonds. The quantitative estimate of drug-likeness (QED) is 0.504. The van der Waals surface area contributed by atoms with Crippen LogP contribution in [-0.4, -0.2) is 24.7 Å². The third-order valence-electron chi connectivity index (χ3n) is 6.28. The summed E-state index contributed by atoms with van der Waals surface area (Å²) in [7, 11) is 1.81. The monoisotopic (exact) mass is 414 g/mol. The fourth-order valence-electron chi connectivity index (χ4n) is 4.50. The van der Waals surface area contributed by atoms with Crippen LogP contribution in [0.3, 0.4) is 0 Å². The van der Waals surface area contributed by atoms with Gasteiger partial charge in [0, 0.05) is 41.5 Å². The summed E-state index contributed by atoms with van der Waals surface area (Å²) in [5.74, 6) is 2.07. The smallest absolute Gasteiger partial charge is 0.258 e. The van der Waals surface area contributed by atoms with Gasteiger partial charge in [-0.15, -0.1) is 10.2 Å². The molecule has 2 N–H and O–H groups in total. The number of hydrogen-bond acceptors (Lipinski definition) is 5. The lowest BCUT2D eigenvalue weighted by molar-refractivity contribution is 0.672. The Kier molecular flexibility index (Phi) is 4.81. The molecule has 7 nitrogen and oxygen atoms in total. The van der Waals surface area contributed by atoms with Gasteiger partial charge in [0.25, 0.3) is 5.56 Å². The number of pyridine rings is 2. The molecule has 1 aliphatic carbocycles. The van der Waals surface area contributed by atoms with Gasteiger partial charge in [0.05, 0.1) is 5.52 Å². The van der Waals surface area contributed by atoms with Crippen molar-refractivity contribution >= 4 is 22.5 Å². The number of nitrogens with one attached hydrogen (secondary N) is 2. The van der Waals surface area contributed by atoms with Gasteiger partial charge in [0.15, 0.2) is 0 Å². The van der Waals surface area contributed by atoms with Crippen molar-refractivity contribution in [1.29, 1.82) is 0 Å². The average Bonchev–Trinajstić information content (AvgIpc) is 3.45. The summed E-state index contributed by atoms with van der Waals surface area (Å²) in [4.78, 5) is 20.9. The van der Waals surface area contributed by atoms with Gasteiger partial charge in [-0.25, -0.2) is 0 Å². The van der Waals surface area contributed by atoms with Crippen LogP contribution in [0.1, 0.15) is 48.7 Å². The molecule has 1 aromatic carbocycles. The molecular formula is C24H26N6O. The summed E-state index contributed by atoms with van der Waals surface area (Å²) in [6.07, 6.45) is 6.67. The minimum atomic E-state index is -0.0264. The van der Waals surface area contributed by atoms with Crippen molar-refractivity contribution in [2.45, 2.75) is 45.4 Å². The highest BCUT2D eigenvalue weighted by Gasteiger charge is 2.20. The van der Waals surface area contributed by atoms with Crippen molar-refractivity contribution in [3.05, 3.63) is 64.0 Å². The first-order chi connectivity index (χ1) is 15.0. The second-order valence-electron chi connectivity index (χ2n) is 8.50. The molecule has 0 radical (unpaired) electrons. The third kappa shape index (κ3) is 3.60. The van der Waals surface area contributed by atoms with Crippen LogP contribution in [0.25, 0.3) is 22.0 Å². The molecule has 0 unspecified atom stereocenters. The lowest BCUT2D eigenvalue weighted by Gasteiger charge is -2.13. The fraction of sp³-hybridized carbons (Fsp3) is 0.333. The zero-order valence-corrected chi connectivity index (χ0v) is 18.1. The zero-order chi connectivity index (χ0) is 21.5. The van der Waals surface area contributed by atoms with Crippen LogP contribution in [0, 0.1) is 13.8 Å². The van der Waals surface area contributed by atoms with Crippen molar-refractivity contribution in [2.24, 2.45) is 7.05 Å². The van der Waals surface area contributed by atoms with Crippen LogP contribution in [0.15, 0.2) is 41.3 Å². The molecule has 4 aromatic rings. The summed E-state index contributed by atoms with van der Waals surface area (Å²) in [6.45, 7) is 3.95. The minimum Gasteiger partial charge on any atom is -0.324 e. The SMILES string of the molecule is Cc1cc2c(cn1)cc(-c1cc(Nc3nnc(C4CCCC4)[nH]3)ccc1C)c(=O)n2C. The van der Waals surface area contributed by atoms with Gasteiger partial charge in [-0.3, -0.25) is 9.78 Å². The minimum absolute atomic E-state index is 0.0264. The number of rotatable bonds is 4. The van der Waals surface area contributed by atoms with E-state index in [9.17, 15) is 4.79 Å². The normalized spacial score (nSPS) is 14.4. The molecule has 158 valence electrons. The number of benzene rings is 1. The van der Waals surface area contributed by atoms with Crippen LogP contribution in [-0.2, 0) is 7.05 Å². The Labute approximate surface area is 180 Å². The standard InChI is InChI=1S/C24H26N6O/c1-14-8-9-18(26-24-27-22(28-29-24)16-6-4-5-7-16)12-19(14)20-11-17-13-25-15(2)10-21(17)30(3)23(20)31/h8-13,16H,4-7H2,1-3H3,(H2,26,27,28,29). The van der Waals surface area contributed by atoms with Crippen LogP contribution >= 0.6 is 0 Å². The number of nitrogens with zero attached hydrogens (tertiary/aromatic N) is 4. The summed E-state index contributed by atoms with van der Waals surface area (Å²) in [6, 6.07) is 9.88. The fourth-order valence-corrected chi connectivity index (χ4v) is 4.50. The molecule has 5 rings (SSSR count). The average molecular weight is 415 g/mol. The van der Waals surface area contributed by atoms with Crippen LogP contribution < -0.4 is 10.9 Å². The van der Waals surface area contributed by atoms with Gasteiger partial charge in [-0.1, -0.05) is 18.9 Å². The maximum absolute atomic E-state index is 13.2. The number of fused-ring (bicyclic) bond motifs is 1. The summed E-state index contributed by atoms with van der Waals surface area (Å²) >= 11 is 0. The number of H-pyrrole nitrogens is 1. The molecule has 0 atom stereocenters. The largest absolute Gasteiger partial charge is 0.324 e. The summed E-state index contributed by atoms with van der Waals surface area (Å²) in [5.41, 5.74) is 5.19. The maximum Gasteiger partial charge on any atom is 0.258 e. The lowest BCUT2D eigenvalue weighted by atomic mass is 9.99. The van der Waals surface area contributed by atoms with Crippen molar-refractivity contribution in [1.82, 2.24) is 24.7 Å². The Morgan fingerprint density at radius 1 is 1.06 bits per heavy atom. The van der Waals surface area contributed by atoms with Crippen LogP contribution in [0.4, 0.5) is 11.6 Å². The Balaban J connectivity index is 1.51. The van der Waals surface area contributed by atoms with E-state index in [4.69, 9.17) is 0 Å². The van der Waals surface area contributed by atoms with E-state index in [2.05, 4.69) is 25.5 Å². The van der Waals surface area contributed by atoms with E-state index in [1.54, 1.807) is 4.57 Å². The molecule has 1 aliphatic rings. The van der Waals surface area contributed by atoms with Crippen molar-refractivity contribution in [3.63, 3.8) is 0 Å². The number of aromatic nitrogens is 5. The Morgan fingerprint density at radius 3 is 2.68 bits per heavy atom. The summed E-state index contributed by atoms with van der Waals surface area (Å²) in [5, 5.41) is 12.9. The van der Waals surface area contributed by atoms with E-state index in [-0.39, 0.29) is 5.56 Å². The van der Waals surface area contributed by atoms with E-state index in [1.165, 1.54) is 25.7 Å². The van der Waals surface area contributed by atoms with Gasteiger partial charge in [-0.05, 0) is 62.1 Å². The van der Waals surface area contributed by atoms with E-state index in [0.29, 0.717) is 17.4 Å². The number of hydrogen-bond donors (Lipinski definition) is 2. The van der Waals surface area contributed by atoms with E-state index < -0.39 is 0 Å². The first-order valence-corrected chi connectivity index (χ1v) is 10.8. The summed E-state index contributed by atoms with van der Waals surface area (Å²) < 4.78 is 1.70. The van der Waals surface area contributed by atoms with Crippen molar-refractivity contribution in [3.8, 4) is 11.1 Å². The number of anilines is 2. The predicted molar refractivity (Wildman–Crippen MR) is 123 cm³/mol. The predicted octanol–water partition coefficient (Wildman–Crippen LogP) is 4.74. The highest BCUT2D eigenvalue weighted by molar-refractivity contribution is 5.85. The van der Waals surface area contributed by atoms with Crippen molar-refractivity contribution in [2.75, 3.05) is 5.32 Å². The Hall–Kier alpha value is -3.48. The number of aromatic amines is 1. The molecule has 1 fully saturated rings. The second kappa shape index (κ2) is 7.65. The van der Waals surface area contributed by atoms with E-state index in [1.807, 2.05) is 57.4 Å². The van der Waals surface area contributed by atoms with Gasteiger partial charge in [-0.2, -0.15) is 0 Å². The number of aryl methyl sites for hydroxylation is 3. The molecule has 3 aromatic heterocycles. The molecule has 0 bridgehead atoms. The molecule has 0 saturated heterocycles. The molecular weight excluding hydrogens is 388 g/mol. The van der Waals surface area contributed by atoms with E-state index >= 15 is 0 Å².